The van der Waals surface area contributed by atoms with Gasteiger partial charge < -0.3 is 14.5 Å². The number of ketones is 2. The smallest absolute Gasteiger partial charge is 0.344 e. The Kier molecular flexibility index (Phi) is 6.70. The third kappa shape index (κ3) is 4.91. The average Bonchev–Trinajstić information content (AvgIpc) is 3.06. The Balaban J connectivity index is 1.65. The number of rotatable bonds is 8. The number of hydrogen-bond donors (Lipinski definition) is 1. The summed E-state index contributed by atoms with van der Waals surface area (Å²) in [4.78, 5) is 39.8. The Morgan fingerprint density at radius 1 is 0.968 bits per heavy atom. The van der Waals surface area contributed by atoms with Crippen LogP contribution in [-0.2, 0) is 9.53 Å². The fourth-order valence-electron chi connectivity index (χ4n) is 3.60. The fraction of sp³-hybridized carbons (Fsp3) is 0.240. The number of H-pyrrole nitrogens is 1. The molecule has 0 spiro atoms. The second kappa shape index (κ2) is 9.43. The summed E-state index contributed by atoms with van der Waals surface area (Å²) >= 11 is 0. The van der Waals surface area contributed by atoms with Crippen molar-refractivity contribution in [1.82, 2.24) is 4.98 Å². The van der Waals surface area contributed by atoms with Gasteiger partial charge in [0.15, 0.2) is 18.5 Å². The molecule has 0 saturated heterocycles. The van der Waals surface area contributed by atoms with Crippen LogP contribution < -0.4 is 4.74 Å². The Morgan fingerprint density at radius 2 is 1.61 bits per heavy atom. The largest absolute Gasteiger partial charge is 0.481 e. The molecule has 2 aromatic carbocycles. The number of aryl methyl sites for hydroxylation is 1. The van der Waals surface area contributed by atoms with Gasteiger partial charge in [-0.15, -0.1) is 0 Å². The summed E-state index contributed by atoms with van der Waals surface area (Å²) in [6.07, 6.45) is -1.02. The zero-order chi connectivity index (χ0) is 22.5. The number of ether oxygens (including phenoxy) is 2. The van der Waals surface area contributed by atoms with Gasteiger partial charge in [0.2, 0.25) is 5.78 Å². The van der Waals surface area contributed by atoms with E-state index in [1.165, 1.54) is 13.8 Å². The lowest BCUT2D eigenvalue weighted by atomic mass is 10.0. The van der Waals surface area contributed by atoms with Crippen LogP contribution in [0.2, 0.25) is 0 Å². The van der Waals surface area contributed by atoms with Crippen LogP contribution in [0.1, 0.15) is 46.0 Å². The van der Waals surface area contributed by atoms with Crippen LogP contribution in [0.4, 0.5) is 0 Å². The fourth-order valence-corrected chi connectivity index (χ4v) is 3.60. The summed E-state index contributed by atoms with van der Waals surface area (Å²) in [5.41, 5.74) is 3.77. The van der Waals surface area contributed by atoms with Gasteiger partial charge in [-0.05, 0) is 44.9 Å². The summed E-state index contributed by atoms with van der Waals surface area (Å²) in [7, 11) is 0. The molecule has 160 valence electrons. The van der Waals surface area contributed by atoms with Crippen molar-refractivity contribution in [3.05, 3.63) is 77.1 Å². The summed E-state index contributed by atoms with van der Waals surface area (Å²) in [5.74, 6) is -0.630. The Morgan fingerprint density at radius 3 is 2.26 bits per heavy atom. The highest BCUT2D eigenvalue weighted by Crippen LogP contribution is 2.29. The molecule has 31 heavy (non-hydrogen) atoms. The molecule has 0 aliphatic heterocycles. The second-order valence-corrected chi connectivity index (χ2v) is 7.33. The lowest BCUT2D eigenvalue weighted by molar-refractivity contribution is -0.148. The van der Waals surface area contributed by atoms with Gasteiger partial charge >= 0.3 is 5.97 Å². The molecule has 6 heteroatoms. The van der Waals surface area contributed by atoms with Crippen molar-refractivity contribution in [2.24, 2.45) is 0 Å². The molecule has 3 rings (SSSR count). The molecule has 1 atom stereocenters. The molecule has 3 aromatic rings. The predicted molar refractivity (Wildman–Crippen MR) is 118 cm³/mol. The van der Waals surface area contributed by atoms with E-state index in [-0.39, 0.29) is 18.1 Å². The maximum atomic E-state index is 12.7. The van der Waals surface area contributed by atoms with Crippen molar-refractivity contribution in [3.8, 4) is 16.9 Å². The summed E-state index contributed by atoms with van der Waals surface area (Å²) < 4.78 is 11.0. The highest BCUT2D eigenvalue weighted by Gasteiger charge is 2.26. The van der Waals surface area contributed by atoms with E-state index in [4.69, 9.17) is 9.47 Å². The zero-order valence-electron chi connectivity index (χ0n) is 18.0. The van der Waals surface area contributed by atoms with Crippen molar-refractivity contribution < 1.29 is 23.9 Å². The summed E-state index contributed by atoms with van der Waals surface area (Å²) in [6, 6.07) is 17.1. The van der Waals surface area contributed by atoms with Gasteiger partial charge in [-0.3, -0.25) is 9.59 Å². The van der Waals surface area contributed by atoms with Crippen LogP contribution in [0.25, 0.3) is 11.1 Å². The Bertz CT molecular complexity index is 1110. The number of hydrogen-bond acceptors (Lipinski definition) is 5. The monoisotopic (exact) mass is 419 g/mol. The van der Waals surface area contributed by atoms with Crippen molar-refractivity contribution >= 4 is 17.5 Å². The van der Waals surface area contributed by atoms with E-state index in [0.717, 1.165) is 11.1 Å². The van der Waals surface area contributed by atoms with Crippen LogP contribution in [0.5, 0.6) is 5.75 Å². The maximum absolute atomic E-state index is 12.7. The van der Waals surface area contributed by atoms with Gasteiger partial charge in [0.1, 0.15) is 5.75 Å². The first kappa shape index (κ1) is 22.0. The zero-order valence-corrected chi connectivity index (χ0v) is 18.0. The summed E-state index contributed by atoms with van der Waals surface area (Å²) in [5, 5.41) is 0. The SMILES string of the molecule is CC(=O)c1c(C)[nH]c(C(=O)[C@H](C)OC(=O)COc2ccccc2-c2ccccc2)c1C. The van der Waals surface area contributed by atoms with Gasteiger partial charge in [-0.2, -0.15) is 0 Å². The van der Waals surface area contributed by atoms with Gasteiger partial charge in [-0.25, -0.2) is 4.79 Å². The minimum absolute atomic E-state index is 0.125. The molecule has 0 aliphatic rings. The lowest BCUT2D eigenvalue weighted by Crippen LogP contribution is -2.28. The topological polar surface area (TPSA) is 85.5 Å². The molecule has 0 bridgehead atoms. The number of carbonyl (C=O) groups is 3. The molecule has 0 unspecified atom stereocenters. The molecule has 1 aromatic heterocycles. The first-order valence-corrected chi connectivity index (χ1v) is 10.0. The van der Waals surface area contributed by atoms with Gasteiger partial charge in [0.25, 0.3) is 0 Å². The number of nitrogens with one attached hydrogen (secondary N) is 1. The molecular weight excluding hydrogens is 394 g/mol. The normalized spacial score (nSPS) is 11.6. The number of Topliss-reactive ketones (excluding diaryl/α,β-unsaturated/α-hetero) is 2. The standard InChI is InChI=1S/C25H25NO5/c1-15-23(17(3)27)16(2)26-24(15)25(29)18(4)31-22(28)14-30-21-13-9-8-12-20(21)19-10-6-5-7-11-19/h5-13,18,26H,14H2,1-4H3/t18-/m0/s1. The van der Waals surface area contributed by atoms with E-state index in [2.05, 4.69) is 4.98 Å². The van der Waals surface area contributed by atoms with Gasteiger partial charge in [0.05, 0.1) is 5.69 Å². The number of carbonyl (C=O) groups excluding carboxylic acids is 3. The van der Waals surface area contributed by atoms with Crippen LogP contribution in [0.15, 0.2) is 54.6 Å². The van der Waals surface area contributed by atoms with Crippen LogP contribution in [0, 0.1) is 13.8 Å². The number of aromatic amines is 1. The molecule has 0 radical (unpaired) electrons. The van der Waals surface area contributed by atoms with Crippen molar-refractivity contribution in [3.63, 3.8) is 0 Å². The molecule has 1 heterocycles. The van der Waals surface area contributed by atoms with Crippen LogP contribution in [0.3, 0.4) is 0 Å². The van der Waals surface area contributed by atoms with E-state index in [1.54, 1.807) is 19.9 Å². The van der Waals surface area contributed by atoms with Crippen molar-refractivity contribution in [1.29, 1.82) is 0 Å². The summed E-state index contributed by atoms with van der Waals surface area (Å²) in [6.45, 7) is 6.05. The Hall–Kier alpha value is -3.67. The quantitative estimate of drug-likeness (QED) is 0.423. The first-order valence-electron chi connectivity index (χ1n) is 10.0. The predicted octanol–water partition coefficient (Wildman–Crippen LogP) is 4.69. The average molecular weight is 419 g/mol. The highest BCUT2D eigenvalue weighted by molar-refractivity contribution is 6.05. The van der Waals surface area contributed by atoms with Crippen LogP contribution in [-0.4, -0.2) is 35.2 Å². The molecule has 0 aliphatic carbocycles. The third-order valence-electron chi connectivity index (χ3n) is 5.03. The second-order valence-electron chi connectivity index (χ2n) is 7.33. The number of aromatic nitrogens is 1. The number of para-hydroxylation sites is 1. The van der Waals surface area contributed by atoms with Crippen molar-refractivity contribution in [2.45, 2.75) is 33.8 Å². The minimum atomic E-state index is -1.02. The lowest BCUT2D eigenvalue weighted by Gasteiger charge is -2.14. The van der Waals surface area contributed by atoms with E-state index >= 15 is 0 Å². The maximum Gasteiger partial charge on any atom is 0.344 e. The van der Waals surface area contributed by atoms with Gasteiger partial charge in [0, 0.05) is 16.8 Å². The minimum Gasteiger partial charge on any atom is -0.481 e. The Labute approximate surface area is 181 Å². The van der Waals surface area contributed by atoms with Crippen LogP contribution >= 0.6 is 0 Å². The van der Waals surface area contributed by atoms with E-state index < -0.39 is 17.9 Å². The molecule has 6 nitrogen and oxygen atoms in total. The molecule has 1 N–H and O–H groups in total. The molecular formula is C25H25NO5. The third-order valence-corrected chi connectivity index (χ3v) is 5.03. The molecule has 0 amide bonds. The van der Waals surface area contributed by atoms with E-state index in [9.17, 15) is 14.4 Å². The van der Waals surface area contributed by atoms with E-state index in [0.29, 0.717) is 22.6 Å². The first-order chi connectivity index (χ1) is 14.8. The van der Waals surface area contributed by atoms with Gasteiger partial charge in [-0.1, -0.05) is 48.5 Å². The molecule has 0 fully saturated rings. The van der Waals surface area contributed by atoms with E-state index in [1.807, 2.05) is 48.5 Å². The molecule has 0 saturated carbocycles. The highest BCUT2D eigenvalue weighted by atomic mass is 16.6. The van der Waals surface area contributed by atoms with Crippen molar-refractivity contribution in [2.75, 3.05) is 6.61 Å². The number of benzene rings is 2. The number of esters is 1.